The number of esters is 1. The number of halogens is 1. The van der Waals surface area contributed by atoms with Gasteiger partial charge in [0.15, 0.2) is 11.8 Å². The summed E-state index contributed by atoms with van der Waals surface area (Å²) in [5.41, 5.74) is 3.47. The van der Waals surface area contributed by atoms with E-state index < -0.39 is 0 Å². The molecule has 0 aromatic heterocycles. The SMILES string of the molecule is CCOC(=O)C1=C(C)N=C2SC=CN2[C@H]1c1ccc(OCC(=O)Nc2cccc(Cl)c2C)cc1. The van der Waals surface area contributed by atoms with Gasteiger partial charge in [-0.25, -0.2) is 9.79 Å². The number of hydrogen-bond acceptors (Lipinski definition) is 7. The summed E-state index contributed by atoms with van der Waals surface area (Å²) in [5.74, 6) is -0.132. The van der Waals surface area contributed by atoms with Crippen LogP contribution in [0.2, 0.25) is 5.02 Å². The molecule has 0 fully saturated rings. The molecule has 1 amide bonds. The number of allylic oxidation sites excluding steroid dienone is 1. The second-order valence-electron chi connectivity index (χ2n) is 7.65. The second-order valence-corrected chi connectivity index (χ2v) is 8.93. The molecule has 0 saturated heterocycles. The quantitative estimate of drug-likeness (QED) is 0.513. The highest BCUT2D eigenvalue weighted by atomic mass is 35.5. The Morgan fingerprint density at radius 1 is 1.18 bits per heavy atom. The first kappa shape index (κ1) is 23.9. The Bertz CT molecular complexity index is 1210. The monoisotopic (exact) mass is 497 g/mol. The molecule has 0 radical (unpaired) electrons. The second kappa shape index (κ2) is 10.4. The summed E-state index contributed by atoms with van der Waals surface area (Å²) in [7, 11) is 0. The highest BCUT2D eigenvalue weighted by Crippen LogP contribution is 2.41. The molecule has 2 aromatic carbocycles. The molecule has 4 rings (SSSR count). The molecule has 0 unspecified atom stereocenters. The van der Waals surface area contributed by atoms with Crippen LogP contribution in [0.5, 0.6) is 5.75 Å². The van der Waals surface area contributed by atoms with Crippen molar-refractivity contribution in [1.29, 1.82) is 0 Å². The molecule has 2 aliphatic rings. The normalized spacial score (nSPS) is 16.8. The minimum absolute atomic E-state index is 0.149. The van der Waals surface area contributed by atoms with Gasteiger partial charge in [0.1, 0.15) is 5.75 Å². The molecular weight excluding hydrogens is 474 g/mol. The van der Waals surface area contributed by atoms with Crippen molar-refractivity contribution in [3.8, 4) is 5.75 Å². The fourth-order valence-electron chi connectivity index (χ4n) is 3.72. The van der Waals surface area contributed by atoms with Crippen LogP contribution in [0.25, 0.3) is 0 Å². The summed E-state index contributed by atoms with van der Waals surface area (Å²) in [6.07, 6.45) is 1.91. The van der Waals surface area contributed by atoms with E-state index in [1.807, 2.05) is 42.5 Å². The summed E-state index contributed by atoms with van der Waals surface area (Å²) >= 11 is 7.61. The van der Waals surface area contributed by atoms with E-state index in [9.17, 15) is 9.59 Å². The predicted molar refractivity (Wildman–Crippen MR) is 135 cm³/mol. The Hall–Kier alpha value is -3.23. The first-order valence-electron chi connectivity index (χ1n) is 10.7. The maximum absolute atomic E-state index is 12.7. The van der Waals surface area contributed by atoms with Crippen LogP contribution < -0.4 is 10.1 Å². The van der Waals surface area contributed by atoms with Gasteiger partial charge in [-0.05, 0) is 61.6 Å². The van der Waals surface area contributed by atoms with E-state index in [2.05, 4.69) is 10.3 Å². The maximum Gasteiger partial charge on any atom is 0.338 e. The number of hydrogen-bond donors (Lipinski definition) is 1. The van der Waals surface area contributed by atoms with Crippen molar-refractivity contribution < 1.29 is 19.1 Å². The molecular formula is C25H24ClN3O4S. The van der Waals surface area contributed by atoms with Crippen LogP contribution in [0.3, 0.4) is 0 Å². The van der Waals surface area contributed by atoms with Crippen molar-refractivity contribution in [3.63, 3.8) is 0 Å². The number of nitrogens with one attached hydrogen (secondary N) is 1. The molecule has 1 atom stereocenters. The number of aliphatic imine (C=N–C) groups is 1. The summed E-state index contributed by atoms with van der Waals surface area (Å²) in [5, 5.41) is 6.14. The van der Waals surface area contributed by atoms with E-state index in [1.165, 1.54) is 11.8 Å². The van der Waals surface area contributed by atoms with E-state index in [4.69, 9.17) is 21.1 Å². The summed E-state index contributed by atoms with van der Waals surface area (Å²) < 4.78 is 11.0. The lowest BCUT2D eigenvalue weighted by Gasteiger charge is -2.33. The van der Waals surface area contributed by atoms with Crippen molar-refractivity contribution in [2.75, 3.05) is 18.5 Å². The fourth-order valence-corrected chi connectivity index (χ4v) is 4.69. The summed E-state index contributed by atoms with van der Waals surface area (Å²) in [6, 6.07) is 12.3. The van der Waals surface area contributed by atoms with Crippen LogP contribution in [-0.2, 0) is 14.3 Å². The van der Waals surface area contributed by atoms with Gasteiger partial charge in [-0.2, -0.15) is 0 Å². The molecule has 1 N–H and O–H groups in total. The lowest BCUT2D eigenvalue weighted by Crippen LogP contribution is -2.34. The minimum atomic E-state index is -0.383. The average molecular weight is 498 g/mol. The molecule has 9 heteroatoms. The van der Waals surface area contributed by atoms with Gasteiger partial charge in [0.05, 0.1) is 23.9 Å². The maximum atomic E-state index is 12.7. The highest BCUT2D eigenvalue weighted by Gasteiger charge is 2.37. The number of carbonyl (C=O) groups is 2. The number of rotatable bonds is 7. The third kappa shape index (κ3) is 4.98. The topological polar surface area (TPSA) is 80.2 Å². The number of amidine groups is 1. The lowest BCUT2D eigenvalue weighted by molar-refractivity contribution is -0.139. The Morgan fingerprint density at radius 2 is 1.94 bits per heavy atom. The Morgan fingerprint density at radius 3 is 2.68 bits per heavy atom. The van der Waals surface area contributed by atoms with Gasteiger partial charge >= 0.3 is 5.97 Å². The van der Waals surface area contributed by atoms with Crippen LogP contribution in [-0.4, -0.2) is 35.2 Å². The van der Waals surface area contributed by atoms with Crippen LogP contribution in [0.15, 0.2) is 70.3 Å². The number of amides is 1. The summed E-state index contributed by atoms with van der Waals surface area (Å²) in [6.45, 7) is 5.58. The van der Waals surface area contributed by atoms with E-state index >= 15 is 0 Å². The third-order valence-corrected chi connectivity index (χ3v) is 6.60. The summed E-state index contributed by atoms with van der Waals surface area (Å²) in [4.78, 5) is 31.6. The Kier molecular flexibility index (Phi) is 7.29. The standard InChI is InChI=1S/C25H24ClN3O4S/c1-4-32-24(31)22-16(3)27-25-29(12-13-34-25)23(22)17-8-10-18(11-9-17)33-14-21(30)28-20-7-5-6-19(26)15(20)2/h5-13,23H,4,14H2,1-3H3,(H,28,30)/t23-/m0/s1. The highest BCUT2D eigenvalue weighted by molar-refractivity contribution is 8.16. The van der Waals surface area contributed by atoms with Crippen molar-refractivity contribution in [3.05, 3.63) is 81.5 Å². The van der Waals surface area contributed by atoms with Crippen molar-refractivity contribution in [1.82, 2.24) is 4.90 Å². The first-order valence-corrected chi connectivity index (χ1v) is 12.0. The number of thioether (sulfide) groups is 1. The van der Waals surface area contributed by atoms with Crippen LogP contribution in [0.1, 0.15) is 31.0 Å². The van der Waals surface area contributed by atoms with Crippen LogP contribution in [0.4, 0.5) is 5.69 Å². The smallest absolute Gasteiger partial charge is 0.338 e. The van der Waals surface area contributed by atoms with Gasteiger partial charge in [0.2, 0.25) is 0 Å². The number of nitrogens with zero attached hydrogens (tertiary/aromatic N) is 2. The van der Waals surface area contributed by atoms with Gasteiger partial charge in [0.25, 0.3) is 5.91 Å². The molecule has 0 bridgehead atoms. The zero-order valence-corrected chi connectivity index (χ0v) is 20.6. The van der Waals surface area contributed by atoms with E-state index in [0.717, 1.165) is 16.3 Å². The van der Waals surface area contributed by atoms with Crippen molar-refractivity contribution in [2.24, 2.45) is 4.99 Å². The van der Waals surface area contributed by atoms with Crippen LogP contribution >= 0.6 is 23.4 Å². The number of fused-ring (bicyclic) bond motifs is 1. The zero-order chi connectivity index (χ0) is 24.2. The Labute approximate surface area is 207 Å². The van der Waals surface area contributed by atoms with Gasteiger partial charge in [0, 0.05) is 16.9 Å². The van der Waals surface area contributed by atoms with Gasteiger partial charge < -0.3 is 19.7 Å². The fraction of sp³-hybridized carbons (Fsp3) is 0.240. The number of ether oxygens (including phenoxy) is 2. The average Bonchev–Trinajstić information content (AvgIpc) is 3.28. The van der Waals surface area contributed by atoms with Crippen LogP contribution in [0, 0.1) is 6.92 Å². The predicted octanol–water partition coefficient (Wildman–Crippen LogP) is 5.43. The number of anilines is 1. The number of benzene rings is 2. The third-order valence-electron chi connectivity index (χ3n) is 5.42. The van der Waals surface area contributed by atoms with Gasteiger partial charge in [-0.3, -0.25) is 4.79 Å². The molecule has 176 valence electrons. The molecule has 2 heterocycles. The van der Waals surface area contributed by atoms with E-state index in [-0.39, 0.29) is 31.1 Å². The molecule has 34 heavy (non-hydrogen) atoms. The van der Waals surface area contributed by atoms with E-state index in [1.54, 1.807) is 37.3 Å². The van der Waals surface area contributed by atoms with Crippen molar-refractivity contribution >= 4 is 46.1 Å². The Balaban J connectivity index is 1.47. The molecule has 7 nitrogen and oxygen atoms in total. The molecule has 0 saturated carbocycles. The minimum Gasteiger partial charge on any atom is -0.484 e. The molecule has 0 spiro atoms. The largest absolute Gasteiger partial charge is 0.484 e. The zero-order valence-electron chi connectivity index (χ0n) is 19.0. The lowest BCUT2D eigenvalue weighted by atomic mass is 9.95. The molecule has 2 aromatic rings. The van der Waals surface area contributed by atoms with Crippen molar-refractivity contribution in [2.45, 2.75) is 26.8 Å². The molecule has 2 aliphatic heterocycles. The molecule has 0 aliphatic carbocycles. The van der Waals surface area contributed by atoms with E-state index in [0.29, 0.717) is 27.7 Å². The van der Waals surface area contributed by atoms with Gasteiger partial charge in [-0.1, -0.05) is 41.6 Å². The first-order chi connectivity index (χ1) is 16.4. The number of carbonyl (C=O) groups excluding carboxylic acids is 2. The van der Waals surface area contributed by atoms with Gasteiger partial charge in [-0.15, -0.1) is 0 Å².